The van der Waals surface area contributed by atoms with E-state index in [-0.39, 0.29) is 5.82 Å². The number of aromatic nitrogens is 4. The number of nitrogen functional groups attached to an aromatic ring is 1. The van der Waals surface area contributed by atoms with Crippen LogP contribution in [0.3, 0.4) is 0 Å². The average Bonchev–Trinajstić information content (AvgIpc) is 3.16. The number of ether oxygens (including phenoxy) is 1. The van der Waals surface area contributed by atoms with Crippen molar-refractivity contribution >= 4 is 47.7 Å². The summed E-state index contributed by atoms with van der Waals surface area (Å²) in [5, 5.41) is 0. The van der Waals surface area contributed by atoms with E-state index in [2.05, 4.69) is 23.6 Å². The van der Waals surface area contributed by atoms with Gasteiger partial charge in [-0.15, -0.1) is 0 Å². The third kappa shape index (κ3) is 5.92. The first-order valence-electron chi connectivity index (χ1n) is 7.78. The van der Waals surface area contributed by atoms with Crippen LogP contribution in [-0.4, -0.2) is 54.5 Å². The standard InChI is InChI=1S/C10H15BN5O10P3/c11-27(17,25-29(21,22)26-28(18,19)20)23-3-6-1-2-7(24-6)16-5-15-8-9(12)13-4-14-10(8)16/h4-7H,1-3H2,(H,21,22)(H2,12,13,14)(H2,18,19,20). The lowest BCUT2D eigenvalue weighted by Gasteiger charge is -2.20. The van der Waals surface area contributed by atoms with Gasteiger partial charge in [0.05, 0.1) is 19.0 Å². The number of rotatable bonds is 8. The van der Waals surface area contributed by atoms with Crippen LogP contribution in [0.15, 0.2) is 12.7 Å². The zero-order valence-corrected chi connectivity index (χ0v) is 17.1. The quantitative estimate of drug-likeness (QED) is 0.308. The summed E-state index contributed by atoms with van der Waals surface area (Å²) < 4.78 is 53.7. The van der Waals surface area contributed by atoms with Gasteiger partial charge in [-0.25, -0.2) is 28.4 Å². The molecule has 15 nitrogen and oxygen atoms in total. The third-order valence-electron chi connectivity index (χ3n) is 3.65. The molecule has 2 aromatic heterocycles. The largest absolute Gasteiger partial charge is 0.487 e. The lowest BCUT2D eigenvalue weighted by atomic mass is 10.2. The van der Waals surface area contributed by atoms with E-state index in [0.29, 0.717) is 24.0 Å². The maximum Gasteiger partial charge on any atom is 0.487 e. The van der Waals surface area contributed by atoms with E-state index in [9.17, 15) is 18.6 Å². The number of anilines is 1. The predicted octanol–water partition coefficient (Wildman–Crippen LogP) is 0.606. The first-order valence-corrected chi connectivity index (χ1v) is 12.4. The second-order valence-electron chi connectivity index (χ2n) is 5.83. The van der Waals surface area contributed by atoms with Crippen molar-refractivity contribution < 1.29 is 46.3 Å². The molecule has 1 saturated heterocycles. The van der Waals surface area contributed by atoms with Crippen LogP contribution >= 0.6 is 23.1 Å². The van der Waals surface area contributed by atoms with Crippen molar-refractivity contribution in [2.45, 2.75) is 25.2 Å². The second kappa shape index (κ2) is 8.16. The minimum absolute atomic E-state index is 0.207. The molecular weight excluding hydrogens is 454 g/mol. The number of hydrogen-bond acceptors (Lipinski definition) is 11. The second-order valence-corrected chi connectivity index (χ2v) is 10.4. The Kier molecular flexibility index (Phi) is 6.33. The summed E-state index contributed by atoms with van der Waals surface area (Å²) in [6.07, 6.45) is 2.56. The highest BCUT2D eigenvalue weighted by Crippen LogP contribution is 2.66. The van der Waals surface area contributed by atoms with E-state index in [4.69, 9.17) is 32.3 Å². The molecule has 5 N–H and O–H groups in total. The molecule has 1 aliphatic rings. The molecule has 0 amide bonds. The van der Waals surface area contributed by atoms with Gasteiger partial charge in [0.1, 0.15) is 18.1 Å². The molecule has 1 fully saturated rings. The molecule has 3 rings (SSSR count). The van der Waals surface area contributed by atoms with E-state index in [1.54, 1.807) is 4.57 Å². The van der Waals surface area contributed by atoms with Gasteiger partial charge in [0, 0.05) is 0 Å². The molecule has 0 bridgehead atoms. The van der Waals surface area contributed by atoms with E-state index in [0.717, 1.165) is 0 Å². The Morgan fingerprint density at radius 3 is 2.62 bits per heavy atom. The van der Waals surface area contributed by atoms with Crippen LogP contribution in [0, 0.1) is 0 Å². The summed E-state index contributed by atoms with van der Waals surface area (Å²) in [5.74, 6) is 0.207. The molecule has 0 saturated carbocycles. The van der Waals surface area contributed by atoms with Crippen LogP contribution in [0.1, 0.15) is 19.1 Å². The van der Waals surface area contributed by atoms with Crippen LogP contribution in [0.4, 0.5) is 5.82 Å². The Balaban J connectivity index is 1.58. The molecule has 4 unspecified atom stereocenters. The molecule has 19 heteroatoms. The lowest BCUT2D eigenvalue weighted by molar-refractivity contribution is -0.0167. The summed E-state index contributed by atoms with van der Waals surface area (Å²) >= 11 is 0. The minimum atomic E-state index is -5.44. The Labute approximate surface area is 164 Å². The molecule has 4 atom stereocenters. The van der Waals surface area contributed by atoms with Crippen molar-refractivity contribution in [1.29, 1.82) is 0 Å². The number of nitrogens with two attached hydrogens (primary N) is 1. The Bertz CT molecular complexity index is 1040. The van der Waals surface area contributed by atoms with Crippen molar-refractivity contribution in [3.05, 3.63) is 12.7 Å². The van der Waals surface area contributed by atoms with E-state index < -0.39 is 42.1 Å². The highest BCUT2D eigenvalue weighted by atomic mass is 31.3. The average molecular weight is 469 g/mol. The lowest BCUT2D eigenvalue weighted by Crippen LogP contribution is -2.16. The van der Waals surface area contributed by atoms with Gasteiger partial charge in [-0.3, -0.25) is 9.13 Å². The van der Waals surface area contributed by atoms with Crippen molar-refractivity contribution in [3.8, 4) is 0 Å². The SMILES string of the molecule is [B]P(=O)(OCC1CCC(n2cnc3c(N)ncnc32)O1)OP(=O)(O)OP(=O)(O)O. The molecule has 0 aromatic carbocycles. The van der Waals surface area contributed by atoms with Gasteiger partial charge in [-0.2, -0.15) is 4.31 Å². The van der Waals surface area contributed by atoms with Crippen LogP contribution in [0.25, 0.3) is 11.2 Å². The van der Waals surface area contributed by atoms with Crippen molar-refractivity contribution in [3.63, 3.8) is 0 Å². The number of fused-ring (bicyclic) bond motifs is 1. The first-order chi connectivity index (χ1) is 13.4. The molecule has 29 heavy (non-hydrogen) atoms. The molecule has 0 spiro atoms. The van der Waals surface area contributed by atoms with Crippen LogP contribution < -0.4 is 5.73 Å². The number of phosphoric acid groups is 2. The third-order valence-corrected chi connectivity index (χ3v) is 7.57. The van der Waals surface area contributed by atoms with Gasteiger partial charge in [0.15, 0.2) is 11.5 Å². The fraction of sp³-hybridized carbons (Fsp3) is 0.500. The van der Waals surface area contributed by atoms with E-state index >= 15 is 0 Å². The molecule has 2 aromatic rings. The fourth-order valence-corrected chi connectivity index (χ4v) is 5.77. The van der Waals surface area contributed by atoms with Crippen LogP contribution in [0.2, 0.25) is 0 Å². The van der Waals surface area contributed by atoms with Gasteiger partial charge in [-0.05, 0) is 12.8 Å². The minimum Gasteiger partial charge on any atom is -0.382 e. The van der Waals surface area contributed by atoms with E-state index in [1.807, 2.05) is 0 Å². The Morgan fingerprint density at radius 2 is 1.93 bits per heavy atom. The maximum absolute atomic E-state index is 12.0. The predicted molar refractivity (Wildman–Crippen MR) is 96.2 cm³/mol. The number of imidazole rings is 1. The Hall–Kier alpha value is -1.18. The summed E-state index contributed by atoms with van der Waals surface area (Å²) in [6, 6.07) is 0. The molecule has 3 heterocycles. The summed E-state index contributed by atoms with van der Waals surface area (Å²) in [5.41, 5.74) is 6.58. The van der Waals surface area contributed by atoms with Gasteiger partial charge in [-0.1, -0.05) is 0 Å². The first kappa shape index (κ1) is 22.5. The number of hydrogen-bond donors (Lipinski definition) is 4. The van der Waals surface area contributed by atoms with E-state index in [1.165, 1.54) is 12.7 Å². The summed E-state index contributed by atoms with van der Waals surface area (Å²) in [7, 11) is -10.4. The van der Waals surface area contributed by atoms with Crippen LogP contribution in [-0.2, 0) is 31.6 Å². The maximum atomic E-state index is 12.0. The van der Waals surface area contributed by atoms with Crippen molar-refractivity contribution in [2.24, 2.45) is 0 Å². The molecule has 2 radical (unpaired) electrons. The zero-order chi connectivity index (χ0) is 21.4. The molecule has 0 aliphatic carbocycles. The molecular formula is C10H15BN5O10P3. The van der Waals surface area contributed by atoms with Gasteiger partial charge in [0.25, 0.3) is 7.47 Å². The van der Waals surface area contributed by atoms with Crippen molar-refractivity contribution in [2.75, 3.05) is 12.3 Å². The highest BCUT2D eigenvalue weighted by molar-refractivity contribution is 7.84. The topological polar surface area (TPSA) is 218 Å². The zero-order valence-electron chi connectivity index (χ0n) is 14.4. The van der Waals surface area contributed by atoms with Gasteiger partial charge in [0.2, 0.25) is 7.57 Å². The number of nitrogens with zero attached hydrogens (tertiary/aromatic N) is 4. The van der Waals surface area contributed by atoms with Crippen LogP contribution in [0.5, 0.6) is 0 Å². The normalized spacial score (nSPS) is 24.4. The fourth-order valence-electron chi connectivity index (χ4n) is 2.60. The molecule has 158 valence electrons. The summed E-state index contributed by atoms with van der Waals surface area (Å²) in [6.45, 7) is -0.399. The molecule has 1 aliphatic heterocycles. The monoisotopic (exact) mass is 469 g/mol. The Morgan fingerprint density at radius 1 is 1.21 bits per heavy atom. The van der Waals surface area contributed by atoms with Crippen molar-refractivity contribution in [1.82, 2.24) is 19.5 Å². The highest BCUT2D eigenvalue weighted by Gasteiger charge is 2.39. The van der Waals surface area contributed by atoms with Gasteiger partial charge < -0.3 is 29.7 Å². The summed E-state index contributed by atoms with van der Waals surface area (Å²) in [4.78, 5) is 38.3. The smallest absolute Gasteiger partial charge is 0.382 e. The van der Waals surface area contributed by atoms with Gasteiger partial charge >= 0.3 is 15.6 Å².